The molecule has 3 rings (SSSR count). The Morgan fingerprint density at radius 3 is 3.06 bits per heavy atom. The van der Waals surface area contributed by atoms with Crippen molar-refractivity contribution in [2.45, 2.75) is 38.6 Å². The van der Waals surface area contributed by atoms with E-state index in [1.54, 1.807) is 0 Å². The molecule has 1 saturated heterocycles. The van der Waals surface area contributed by atoms with Gasteiger partial charge >= 0.3 is 0 Å². The van der Waals surface area contributed by atoms with E-state index in [4.69, 9.17) is 9.47 Å². The summed E-state index contributed by atoms with van der Waals surface area (Å²) < 4.78 is 12.0. The first kappa shape index (κ1) is 12.3. The minimum atomic E-state index is 0.332. The SMILES string of the molecule is Cc1c(CC2CCCCN2)cc2c(c1Br)OCO2. The predicted octanol–water partition coefficient (Wildman–Crippen LogP) is 3.17. The number of hydrogen-bond donors (Lipinski definition) is 1. The highest BCUT2D eigenvalue weighted by molar-refractivity contribution is 9.10. The van der Waals surface area contributed by atoms with Crippen LogP contribution in [0.4, 0.5) is 0 Å². The van der Waals surface area contributed by atoms with Gasteiger partial charge in [0.2, 0.25) is 6.79 Å². The van der Waals surface area contributed by atoms with Gasteiger partial charge in [0.25, 0.3) is 0 Å². The van der Waals surface area contributed by atoms with E-state index in [1.807, 2.05) is 0 Å². The van der Waals surface area contributed by atoms with Crippen LogP contribution in [0.5, 0.6) is 11.5 Å². The second-order valence-electron chi connectivity index (χ2n) is 5.06. The Bertz CT molecular complexity index is 456. The molecular weight excluding hydrogens is 294 g/mol. The van der Waals surface area contributed by atoms with E-state index in [1.165, 1.54) is 30.4 Å². The molecular formula is C14H18BrNO2. The van der Waals surface area contributed by atoms with E-state index in [0.717, 1.165) is 28.9 Å². The monoisotopic (exact) mass is 311 g/mol. The number of rotatable bonds is 2. The number of benzene rings is 1. The van der Waals surface area contributed by atoms with Crippen LogP contribution in [0.15, 0.2) is 10.5 Å². The molecule has 0 radical (unpaired) electrons. The fraction of sp³-hybridized carbons (Fsp3) is 0.571. The molecule has 1 atom stereocenters. The van der Waals surface area contributed by atoms with E-state index in [9.17, 15) is 0 Å². The maximum Gasteiger partial charge on any atom is 0.231 e. The smallest absolute Gasteiger partial charge is 0.231 e. The third-order valence-electron chi connectivity index (χ3n) is 3.84. The first-order valence-corrected chi connectivity index (χ1v) is 7.36. The lowest BCUT2D eigenvalue weighted by atomic mass is 9.95. The van der Waals surface area contributed by atoms with Gasteiger partial charge in [0.15, 0.2) is 11.5 Å². The highest BCUT2D eigenvalue weighted by Crippen LogP contribution is 2.43. The molecule has 2 heterocycles. The van der Waals surface area contributed by atoms with Crippen LogP contribution < -0.4 is 14.8 Å². The lowest BCUT2D eigenvalue weighted by Gasteiger charge is -2.24. The normalized spacial score (nSPS) is 22.2. The van der Waals surface area contributed by atoms with Gasteiger partial charge in [-0.3, -0.25) is 0 Å². The number of ether oxygens (including phenoxy) is 2. The van der Waals surface area contributed by atoms with Crippen LogP contribution in [-0.4, -0.2) is 19.4 Å². The van der Waals surface area contributed by atoms with Gasteiger partial charge in [0, 0.05) is 6.04 Å². The van der Waals surface area contributed by atoms with Crippen LogP contribution in [0.3, 0.4) is 0 Å². The summed E-state index contributed by atoms with van der Waals surface area (Å²) in [5, 5.41) is 3.59. The van der Waals surface area contributed by atoms with E-state index in [-0.39, 0.29) is 0 Å². The van der Waals surface area contributed by atoms with Crippen LogP contribution in [-0.2, 0) is 6.42 Å². The van der Waals surface area contributed by atoms with Crippen molar-refractivity contribution in [2.24, 2.45) is 0 Å². The van der Waals surface area contributed by atoms with Crippen LogP contribution in [0, 0.1) is 6.92 Å². The highest BCUT2D eigenvalue weighted by atomic mass is 79.9. The molecule has 0 saturated carbocycles. The summed E-state index contributed by atoms with van der Waals surface area (Å²) in [6, 6.07) is 2.74. The van der Waals surface area contributed by atoms with Crippen molar-refractivity contribution in [3.05, 3.63) is 21.7 Å². The maximum absolute atomic E-state index is 5.49. The van der Waals surface area contributed by atoms with E-state index in [2.05, 4.69) is 34.2 Å². The molecule has 4 heteroatoms. The number of hydrogen-bond acceptors (Lipinski definition) is 3. The summed E-state index contributed by atoms with van der Waals surface area (Å²) in [4.78, 5) is 0. The molecule has 1 aromatic carbocycles. The highest BCUT2D eigenvalue weighted by Gasteiger charge is 2.22. The van der Waals surface area contributed by atoms with Gasteiger partial charge in [0.05, 0.1) is 4.47 Å². The second kappa shape index (κ2) is 5.10. The Hall–Kier alpha value is -0.740. The van der Waals surface area contributed by atoms with Gasteiger partial charge < -0.3 is 14.8 Å². The first-order chi connectivity index (χ1) is 8.75. The van der Waals surface area contributed by atoms with Crippen molar-refractivity contribution < 1.29 is 9.47 Å². The number of piperidine rings is 1. The summed E-state index contributed by atoms with van der Waals surface area (Å²) in [7, 11) is 0. The number of halogens is 1. The molecule has 0 bridgehead atoms. The molecule has 1 N–H and O–H groups in total. The third kappa shape index (κ3) is 2.24. The van der Waals surface area contributed by atoms with Crippen molar-refractivity contribution in [3.63, 3.8) is 0 Å². The fourth-order valence-electron chi connectivity index (χ4n) is 2.72. The Balaban J connectivity index is 1.85. The molecule has 0 aliphatic carbocycles. The van der Waals surface area contributed by atoms with Gasteiger partial charge in [-0.15, -0.1) is 0 Å². The minimum Gasteiger partial charge on any atom is -0.454 e. The summed E-state index contributed by atoms with van der Waals surface area (Å²) in [6.45, 7) is 3.62. The second-order valence-corrected chi connectivity index (χ2v) is 5.85. The molecule has 1 aromatic rings. The third-order valence-corrected chi connectivity index (χ3v) is 4.79. The molecule has 18 heavy (non-hydrogen) atoms. The molecule has 1 fully saturated rings. The zero-order valence-corrected chi connectivity index (χ0v) is 12.2. The Morgan fingerprint density at radius 1 is 1.39 bits per heavy atom. The Kier molecular flexibility index (Phi) is 3.48. The molecule has 1 unspecified atom stereocenters. The largest absolute Gasteiger partial charge is 0.454 e. The summed E-state index contributed by atoms with van der Waals surface area (Å²) in [5.41, 5.74) is 2.62. The Labute approximate surface area is 116 Å². The first-order valence-electron chi connectivity index (χ1n) is 6.56. The molecule has 2 aliphatic rings. The molecule has 0 spiro atoms. The number of nitrogens with one attached hydrogen (secondary N) is 1. The fourth-order valence-corrected chi connectivity index (χ4v) is 3.29. The molecule has 0 aromatic heterocycles. The van der Waals surface area contributed by atoms with Crippen molar-refractivity contribution >= 4 is 15.9 Å². The molecule has 0 amide bonds. The predicted molar refractivity (Wildman–Crippen MR) is 74.3 cm³/mol. The molecule has 98 valence electrons. The minimum absolute atomic E-state index is 0.332. The Morgan fingerprint density at radius 2 is 2.28 bits per heavy atom. The van der Waals surface area contributed by atoms with E-state index in [0.29, 0.717) is 12.8 Å². The van der Waals surface area contributed by atoms with Gasteiger partial charge in [-0.2, -0.15) is 0 Å². The van der Waals surface area contributed by atoms with Crippen molar-refractivity contribution in [1.29, 1.82) is 0 Å². The quantitative estimate of drug-likeness (QED) is 0.910. The van der Waals surface area contributed by atoms with Crippen LogP contribution in [0.2, 0.25) is 0 Å². The van der Waals surface area contributed by atoms with E-state index < -0.39 is 0 Å². The standard InChI is InChI=1S/C14H18BrNO2/c1-9-10(6-11-4-2-3-5-16-11)7-12-14(13(9)15)18-8-17-12/h7,11,16H,2-6,8H2,1H3. The van der Waals surface area contributed by atoms with Gasteiger partial charge in [-0.25, -0.2) is 0 Å². The van der Waals surface area contributed by atoms with Gasteiger partial charge in [-0.05, 0) is 65.9 Å². The topological polar surface area (TPSA) is 30.5 Å². The maximum atomic E-state index is 5.49. The van der Waals surface area contributed by atoms with Crippen LogP contribution in [0.1, 0.15) is 30.4 Å². The lowest BCUT2D eigenvalue weighted by Crippen LogP contribution is -2.35. The molecule has 3 nitrogen and oxygen atoms in total. The zero-order chi connectivity index (χ0) is 12.5. The average molecular weight is 312 g/mol. The summed E-state index contributed by atoms with van der Waals surface area (Å²) in [5.74, 6) is 1.73. The zero-order valence-electron chi connectivity index (χ0n) is 10.6. The van der Waals surface area contributed by atoms with E-state index >= 15 is 0 Å². The van der Waals surface area contributed by atoms with Crippen LogP contribution >= 0.6 is 15.9 Å². The van der Waals surface area contributed by atoms with Crippen LogP contribution in [0.25, 0.3) is 0 Å². The lowest BCUT2D eigenvalue weighted by molar-refractivity contribution is 0.173. The summed E-state index contributed by atoms with van der Waals surface area (Å²) in [6.07, 6.45) is 4.98. The average Bonchev–Trinajstić information content (AvgIpc) is 2.85. The van der Waals surface area contributed by atoms with Gasteiger partial charge in [0.1, 0.15) is 0 Å². The van der Waals surface area contributed by atoms with Crippen molar-refractivity contribution in [3.8, 4) is 11.5 Å². The van der Waals surface area contributed by atoms with Crippen molar-refractivity contribution in [2.75, 3.05) is 13.3 Å². The van der Waals surface area contributed by atoms with Crippen molar-refractivity contribution in [1.82, 2.24) is 5.32 Å². The molecule has 2 aliphatic heterocycles. The van der Waals surface area contributed by atoms with Gasteiger partial charge in [-0.1, -0.05) is 6.42 Å². The number of fused-ring (bicyclic) bond motifs is 1. The summed E-state index contributed by atoms with van der Waals surface area (Å²) >= 11 is 3.62.